The molecule has 0 atom stereocenters. The normalized spacial score (nSPS) is 14.4. The number of amides is 1. The number of carbonyl (C=O) groups is 1. The molecule has 1 fully saturated rings. The zero-order valence-corrected chi connectivity index (χ0v) is 18.6. The van der Waals surface area contributed by atoms with Crippen LogP contribution in [0.3, 0.4) is 0 Å². The molecule has 2 heterocycles. The minimum Gasteiger partial charge on any atom is -0.352 e. The lowest BCUT2D eigenvalue weighted by molar-refractivity contribution is -0.136. The SMILES string of the molecule is CCCC(CCC)C(=O)N1CCN(c2ccc(-c3cccc4ccccc34)nn2)CC1. The van der Waals surface area contributed by atoms with Crippen molar-refractivity contribution in [2.24, 2.45) is 5.92 Å². The van der Waals surface area contributed by atoms with Crippen molar-refractivity contribution < 1.29 is 4.79 Å². The lowest BCUT2D eigenvalue weighted by atomic mass is 9.96. The van der Waals surface area contributed by atoms with E-state index in [1.54, 1.807) is 0 Å². The Bertz CT molecular complexity index is 998. The second kappa shape index (κ2) is 9.90. The lowest BCUT2D eigenvalue weighted by Gasteiger charge is -2.36. The molecular weight excluding hydrogens is 384 g/mol. The molecule has 2 aromatic carbocycles. The number of carbonyl (C=O) groups excluding carboxylic acids is 1. The number of hydrogen-bond acceptors (Lipinski definition) is 4. The Hall–Kier alpha value is -2.95. The summed E-state index contributed by atoms with van der Waals surface area (Å²) in [6.07, 6.45) is 4.12. The standard InChI is InChI=1S/C26H32N4O/c1-3-8-21(9-4-2)26(31)30-18-16-29(17-19-30)25-15-14-24(27-28-25)23-13-7-11-20-10-5-6-12-22(20)23/h5-7,10-15,21H,3-4,8-9,16-19H2,1-2H3. The maximum absolute atomic E-state index is 12.9. The average Bonchev–Trinajstić information content (AvgIpc) is 2.83. The first-order chi connectivity index (χ1) is 15.2. The van der Waals surface area contributed by atoms with Gasteiger partial charge in [-0.3, -0.25) is 4.79 Å². The maximum Gasteiger partial charge on any atom is 0.225 e. The van der Waals surface area contributed by atoms with Crippen LogP contribution in [0.15, 0.2) is 54.6 Å². The monoisotopic (exact) mass is 416 g/mol. The first-order valence-corrected chi connectivity index (χ1v) is 11.6. The van der Waals surface area contributed by atoms with Gasteiger partial charge in [0.15, 0.2) is 5.82 Å². The van der Waals surface area contributed by atoms with E-state index in [4.69, 9.17) is 0 Å². The van der Waals surface area contributed by atoms with Crippen LogP contribution in [0.2, 0.25) is 0 Å². The van der Waals surface area contributed by atoms with Crippen LogP contribution in [-0.4, -0.2) is 47.2 Å². The van der Waals surface area contributed by atoms with Crippen LogP contribution < -0.4 is 4.90 Å². The van der Waals surface area contributed by atoms with Gasteiger partial charge >= 0.3 is 0 Å². The molecule has 0 bridgehead atoms. The van der Waals surface area contributed by atoms with Gasteiger partial charge in [-0.25, -0.2) is 0 Å². The fraction of sp³-hybridized carbons (Fsp3) is 0.423. The Morgan fingerprint density at radius 1 is 0.871 bits per heavy atom. The fourth-order valence-corrected chi connectivity index (χ4v) is 4.59. The Labute approximate surface area is 185 Å². The number of anilines is 1. The molecule has 1 aliphatic rings. The summed E-state index contributed by atoms with van der Waals surface area (Å²) in [6, 6.07) is 18.7. The number of benzene rings is 2. The van der Waals surface area contributed by atoms with Crippen LogP contribution in [-0.2, 0) is 4.79 Å². The molecule has 0 unspecified atom stereocenters. The Morgan fingerprint density at radius 3 is 2.26 bits per heavy atom. The summed E-state index contributed by atoms with van der Waals surface area (Å²) in [4.78, 5) is 17.2. The molecule has 1 aliphatic heterocycles. The zero-order chi connectivity index (χ0) is 21.6. The smallest absolute Gasteiger partial charge is 0.225 e. The van der Waals surface area contributed by atoms with Gasteiger partial charge in [-0.1, -0.05) is 69.2 Å². The molecule has 1 amide bonds. The van der Waals surface area contributed by atoms with E-state index in [2.05, 4.69) is 83.5 Å². The minimum absolute atomic E-state index is 0.182. The van der Waals surface area contributed by atoms with E-state index in [1.165, 1.54) is 10.8 Å². The van der Waals surface area contributed by atoms with Gasteiger partial charge in [0.2, 0.25) is 5.91 Å². The number of fused-ring (bicyclic) bond motifs is 1. The van der Waals surface area contributed by atoms with E-state index in [9.17, 15) is 4.79 Å². The highest BCUT2D eigenvalue weighted by Gasteiger charge is 2.27. The van der Waals surface area contributed by atoms with Crippen molar-refractivity contribution in [3.05, 3.63) is 54.6 Å². The minimum atomic E-state index is 0.182. The Kier molecular flexibility index (Phi) is 6.80. The van der Waals surface area contributed by atoms with E-state index in [-0.39, 0.29) is 5.92 Å². The van der Waals surface area contributed by atoms with E-state index < -0.39 is 0 Å². The van der Waals surface area contributed by atoms with Crippen LogP contribution in [0.25, 0.3) is 22.0 Å². The van der Waals surface area contributed by atoms with Gasteiger partial charge in [-0.2, -0.15) is 0 Å². The quantitative estimate of drug-likeness (QED) is 0.534. The summed E-state index contributed by atoms with van der Waals surface area (Å²) in [5.41, 5.74) is 1.99. The molecule has 4 rings (SSSR count). The number of aromatic nitrogens is 2. The van der Waals surface area contributed by atoms with Gasteiger partial charge in [-0.05, 0) is 35.7 Å². The third-order valence-electron chi connectivity index (χ3n) is 6.25. The molecule has 31 heavy (non-hydrogen) atoms. The van der Waals surface area contributed by atoms with E-state index >= 15 is 0 Å². The van der Waals surface area contributed by atoms with Crippen LogP contribution in [0.4, 0.5) is 5.82 Å². The highest BCUT2D eigenvalue weighted by Crippen LogP contribution is 2.27. The van der Waals surface area contributed by atoms with E-state index in [0.29, 0.717) is 5.91 Å². The topological polar surface area (TPSA) is 49.3 Å². The Morgan fingerprint density at radius 2 is 1.58 bits per heavy atom. The van der Waals surface area contributed by atoms with Gasteiger partial charge in [-0.15, -0.1) is 10.2 Å². The van der Waals surface area contributed by atoms with Crippen molar-refractivity contribution in [3.63, 3.8) is 0 Å². The summed E-state index contributed by atoms with van der Waals surface area (Å²) in [5, 5.41) is 11.4. The van der Waals surface area contributed by atoms with Crippen LogP contribution in [0.1, 0.15) is 39.5 Å². The highest BCUT2D eigenvalue weighted by molar-refractivity contribution is 5.95. The largest absolute Gasteiger partial charge is 0.352 e. The first-order valence-electron chi connectivity index (χ1n) is 11.6. The molecule has 0 aliphatic carbocycles. The molecule has 1 saturated heterocycles. The molecule has 5 heteroatoms. The number of rotatable bonds is 7. The molecule has 0 spiro atoms. The third kappa shape index (κ3) is 4.71. The predicted molar refractivity (Wildman–Crippen MR) is 127 cm³/mol. The fourth-order valence-electron chi connectivity index (χ4n) is 4.59. The van der Waals surface area contributed by atoms with Crippen LogP contribution >= 0.6 is 0 Å². The number of piperazine rings is 1. The van der Waals surface area contributed by atoms with Crippen molar-refractivity contribution in [3.8, 4) is 11.3 Å². The highest BCUT2D eigenvalue weighted by atomic mass is 16.2. The summed E-state index contributed by atoms with van der Waals surface area (Å²) in [6.45, 7) is 7.45. The van der Waals surface area contributed by atoms with Gasteiger partial charge in [0.1, 0.15) is 0 Å². The van der Waals surface area contributed by atoms with E-state index in [1.807, 2.05) is 4.90 Å². The van der Waals surface area contributed by atoms with Crippen molar-refractivity contribution in [2.45, 2.75) is 39.5 Å². The van der Waals surface area contributed by atoms with Crippen molar-refractivity contribution >= 4 is 22.5 Å². The summed E-state index contributed by atoms with van der Waals surface area (Å²) >= 11 is 0. The maximum atomic E-state index is 12.9. The third-order valence-corrected chi connectivity index (χ3v) is 6.25. The molecule has 3 aromatic rings. The lowest BCUT2D eigenvalue weighted by Crippen LogP contribution is -2.50. The molecular formula is C26H32N4O. The van der Waals surface area contributed by atoms with Gasteiger partial charge < -0.3 is 9.80 Å². The van der Waals surface area contributed by atoms with Crippen LogP contribution in [0, 0.1) is 5.92 Å². The van der Waals surface area contributed by atoms with Crippen molar-refractivity contribution in [1.82, 2.24) is 15.1 Å². The Balaban J connectivity index is 1.42. The molecule has 0 radical (unpaired) electrons. The molecule has 5 nitrogen and oxygen atoms in total. The summed E-state index contributed by atoms with van der Waals surface area (Å²) in [5.74, 6) is 1.40. The second-order valence-electron chi connectivity index (χ2n) is 8.39. The molecule has 0 saturated carbocycles. The number of hydrogen-bond donors (Lipinski definition) is 0. The summed E-state index contributed by atoms with van der Waals surface area (Å²) < 4.78 is 0. The van der Waals surface area contributed by atoms with Crippen LogP contribution in [0.5, 0.6) is 0 Å². The van der Waals surface area contributed by atoms with Crippen molar-refractivity contribution in [2.75, 3.05) is 31.1 Å². The molecule has 0 N–H and O–H groups in total. The van der Waals surface area contributed by atoms with E-state index in [0.717, 1.165) is 68.9 Å². The van der Waals surface area contributed by atoms with Gasteiger partial charge in [0, 0.05) is 37.7 Å². The number of nitrogens with zero attached hydrogens (tertiary/aromatic N) is 4. The average molecular weight is 417 g/mol. The second-order valence-corrected chi connectivity index (χ2v) is 8.39. The zero-order valence-electron chi connectivity index (χ0n) is 18.6. The van der Waals surface area contributed by atoms with Gasteiger partial charge in [0.25, 0.3) is 0 Å². The molecule has 162 valence electrons. The summed E-state index contributed by atoms with van der Waals surface area (Å²) in [7, 11) is 0. The molecule has 1 aromatic heterocycles. The predicted octanol–water partition coefficient (Wildman–Crippen LogP) is 5.16. The van der Waals surface area contributed by atoms with Crippen molar-refractivity contribution in [1.29, 1.82) is 0 Å². The first kappa shape index (κ1) is 21.3. The van der Waals surface area contributed by atoms with Gasteiger partial charge in [0.05, 0.1) is 5.69 Å².